The van der Waals surface area contributed by atoms with E-state index in [0.29, 0.717) is 0 Å². The van der Waals surface area contributed by atoms with Crippen LogP contribution in [-0.4, -0.2) is 22.9 Å². The van der Waals surface area contributed by atoms with Gasteiger partial charge in [-0.05, 0) is 33.3 Å². The van der Waals surface area contributed by atoms with Crippen molar-refractivity contribution < 1.29 is 9.72 Å². The Balaban J connectivity index is 2.59. The van der Waals surface area contributed by atoms with Crippen LogP contribution in [0.5, 0.6) is 0 Å². The molecule has 0 saturated carbocycles. The van der Waals surface area contributed by atoms with E-state index in [4.69, 9.17) is 0 Å². The molecule has 1 atom stereocenters. The largest absolute Gasteiger partial charge is 0.350 e. The molecule has 6 heteroatoms. The SMILES string of the molecule is CC(NCC(=O)NC(C)(C)C)c1cccc([N+](=O)[O-])c1. The highest BCUT2D eigenvalue weighted by atomic mass is 16.6. The molecule has 0 aliphatic rings. The van der Waals surface area contributed by atoms with Crippen molar-refractivity contribution in [1.29, 1.82) is 0 Å². The van der Waals surface area contributed by atoms with Crippen molar-refractivity contribution in [1.82, 2.24) is 10.6 Å². The van der Waals surface area contributed by atoms with Gasteiger partial charge in [-0.1, -0.05) is 12.1 Å². The molecule has 0 saturated heterocycles. The van der Waals surface area contributed by atoms with Gasteiger partial charge in [0.15, 0.2) is 0 Å². The molecule has 0 aromatic heterocycles. The molecule has 6 nitrogen and oxygen atoms in total. The smallest absolute Gasteiger partial charge is 0.269 e. The third kappa shape index (κ3) is 5.36. The molecule has 2 N–H and O–H groups in total. The zero-order valence-corrected chi connectivity index (χ0v) is 12.3. The summed E-state index contributed by atoms with van der Waals surface area (Å²) >= 11 is 0. The van der Waals surface area contributed by atoms with Gasteiger partial charge in [0, 0.05) is 23.7 Å². The Bertz CT molecular complexity index is 495. The van der Waals surface area contributed by atoms with Crippen LogP contribution in [0.1, 0.15) is 39.3 Å². The molecule has 0 aliphatic carbocycles. The zero-order chi connectivity index (χ0) is 15.3. The van der Waals surface area contributed by atoms with Gasteiger partial charge in [0.2, 0.25) is 5.91 Å². The van der Waals surface area contributed by atoms with Crippen molar-refractivity contribution in [2.24, 2.45) is 0 Å². The van der Waals surface area contributed by atoms with Crippen LogP contribution in [-0.2, 0) is 4.79 Å². The molecule has 0 aliphatic heterocycles. The van der Waals surface area contributed by atoms with E-state index in [1.807, 2.05) is 27.7 Å². The fourth-order valence-electron chi connectivity index (χ4n) is 1.73. The molecular weight excluding hydrogens is 258 g/mol. The Morgan fingerprint density at radius 3 is 2.60 bits per heavy atom. The van der Waals surface area contributed by atoms with Crippen molar-refractivity contribution in [3.63, 3.8) is 0 Å². The molecule has 1 amide bonds. The quantitative estimate of drug-likeness (QED) is 0.639. The van der Waals surface area contributed by atoms with E-state index in [1.54, 1.807) is 12.1 Å². The molecule has 0 radical (unpaired) electrons. The van der Waals surface area contributed by atoms with Crippen LogP contribution in [0.15, 0.2) is 24.3 Å². The number of carbonyl (C=O) groups is 1. The van der Waals surface area contributed by atoms with Crippen LogP contribution in [0.2, 0.25) is 0 Å². The first kappa shape index (κ1) is 16.1. The predicted molar refractivity (Wildman–Crippen MR) is 77.4 cm³/mol. The fourth-order valence-corrected chi connectivity index (χ4v) is 1.73. The number of non-ortho nitro benzene ring substituents is 1. The Labute approximate surface area is 118 Å². The highest BCUT2D eigenvalue weighted by molar-refractivity contribution is 5.78. The number of carbonyl (C=O) groups excluding carboxylic acids is 1. The summed E-state index contributed by atoms with van der Waals surface area (Å²) < 4.78 is 0. The Kier molecular flexibility index (Phi) is 5.21. The lowest BCUT2D eigenvalue weighted by molar-refractivity contribution is -0.384. The lowest BCUT2D eigenvalue weighted by Gasteiger charge is -2.21. The highest BCUT2D eigenvalue weighted by Crippen LogP contribution is 2.18. The summed E-state index contributed by atoms with van der Waals surface area (Å²) in [5.41, 5.74) is 0.561. The lowest BCUT2D eigenvalue weighted by atomic mass is 10.1. The minimum Gasteiger partial charge on any atom is -0.350 e. The summed E-state index contributed by atoms with van der Waals surface area (Å²) in [5, 5.41) is 16.6. The van der Waals surface area contributed by atoms with Crippen molar-refractivity contribution >= 4 is 11.6 Å². The number of rotatable bonds is 5. The van der Waals surface area contributed by atoms with E-state index >= 15 is 0 Å². The monoisotopic (exact) mass is 279 g/mol. The molecule has 1 aromatic rings. The first-order valence-electron chi connectivity index (χ1n) is 6.48. The van der Waals surface area contributed by atoms with Crippen molar-refractivity contribution in [2.75, 3.05) is 6.54 Å². The summed E-state index contributed by atoms with van der Waals surface area (Å²) in [5.74, 6) is -0.102. The second-order valence-electron chi connectivity index (χ2n) is 5.75. The number of nitro benzene ring substituents is 1. The van der Waals surface area contributed by atoms with Crippen LogP contribution in [0.3, 0.4) is 0 Å². The Morgan fingerprint density at radius 2 is 2.05 bits per heavy atom. The lowest BCUT2D eigenvalue weighted by Crippen LogP contribution is -2.45. The number of nitro groups is 1. The van der Waals surface area contributed by atoms with Crippen LogP contribution < -0.4 is 10.6 Å². The standard InChI is InChI=1S/C14H21N3O3/c1-10(15-9-13(18)16-14(2,3)4)11-6-5-7-12(8-11)17(19)20/h5-8,10,15H,9H2,1-4H3,(H,16,18). The molecule has 0 bridgehead atoms. The maximum atomic E-state index is 11.7. The van der Waals surface area contributed by atoms with E-state index in [0.717, 1.165) is 5.56 Å². The van der Waals surface area contributed by atoms with E-state index in [2.05, 4.69) is 10.6 Å². The number of hydrogen-bond acceptors (Lipinski definition) is 4. The molecule has 20 heavy (non-hydrogen) atoms. The minimum atomic E-state index is -0.428. The van der Waals surface area contributed by atoms with E-state index < -0.39 is 4.92 Å². The molecule has 0 spiro atoms. The molecule has 110 valence electrons. The van der Waals surface area contributed by atoms with Gasteiger partial charge in [-0.15, -0.1) is 0 Å². The van der Waals surface area contributed by atoms with E-state index in [9.17, 15) is 14.9 Å². The number of nitrogens with one attached hydrogen (secondary N) is 2. The van der Waals surface area contributed by atoms with Gasteiger partial charge in [0.1, 0.15) is 0 Å². The van der Waals surface area contributed by atoms with Crippen LogP contribution >= 0.6 is 0 Å². The summed E-state index contributed by atoms with van der Waals surface area (Å²) in [6.45, 7) is 7.77. The van der Waals surface area contributed by atoms with Gasteiger partial charge < -0.3 is 10.6 Å². The topological polar surface area (TPSA) is 84.3 Å². The third-order valence-corrected chi connectivity index (χ3v) is 2.66. The van der Waals surface area contributed by atoms with Crippen LogP contribution in [0.25, 0.3) is 0 Å². The second kappa shape index (κ2) is 6.47. The average molecular weight is 279 g/mol. The number of hydrogen-bond donors (Lipinski definition) is 2. The Hall–Kier alpha value is -1.95. The molecular formula is C14H21N3O3. The summed E-state index contributed by atoms with van der Waals surface area (Å²) in [4.78, 5) is 22.0. The van der Waals surface area contributed by atoms with E-state index in [-0.39, 0.29) is 29.7 Å². The van der Waals surface area contributed by atoms with Crippen LogP contribution in [0, 0.1) is 10.1 Å². The summed E-state index contributed by atoms with van der Waals surface area (Å²) in [7, 11) is 0. The highest BCUT2D eigenvalue weighted by Gasteiger charge is 2.15. The van der Waals surface area contributed by atoms with Gasteiger partial charge in [0.05, 0.1) is 11.5 Å². The van der Waals surface area contributed by atoms with Crippen LogP contribution in [0.4, 0.5) is 5.69 Å². The maximum absolute atomic E-state index is 11.7. The minimum absolute atomic E-state index is 0.0512. The van der Waals surface area contributed by atoms with Gasteiger partial charge in [-0.2, -0.15) is 0 Å². The molecule has 1 aromatic carbocycles. The van der Waals surface area contributed by atoms with Crippen molar-refractivity contribution in [3.8, 4) is 0 Å². The van der Waals surface area contributed by atoms with E-state index in [1.165, 1.54) is 12.1 Å². The van der Waals surface area contributed by atoms with Gasteiger partial charge in [-0.25, -0.2) is 0 Å². The average Bonchev–Trinajstić information content (AvgIpc) is 2.34. The fraction of sp³-hybridized carbons (Fsp3) is 0.500. The molecule has 0 fully saturated rings. The molecule has 0 heterocycles. The molecule has 1 rings (SSSR count). The maximum Gasteiger partial charge on any atom is 0.269 e. The first-order chi connectivity index (χ1) is 9.19. The third-order valence-electron chi connectivity index (χ3n) is 2.66. The van der Waals surface area contributed by atoms with Crippen molar-refractivity contribution in [2.45, 2.75) is 39.3 Å². The Morgan fingerprint density at radius 1 is 1.40 bits per heavy atom. The zero-order valence-electron chi connectivity index (χ0n) is 12.3. The van der Waals surface area contributed by atoms with Gasteiger partial charge in [-0.3, -0.25) is 14.9 Å². The second-order valence-corrected chi connectivity index (χ2v) is 5.75. The normalized spacial score (nSPS) is 12.8. The number of nitrogens with zero attached hydrogens (tertiary/aromatic N) is 1. The van der Waals surface area contributed by atoms with Gasteiger partial charge >= 0.3 is 0 Å². The van der Waals surface area contributed by atoms with Crippen molar-refractivity contribution in [3.05, 3.63) is 39.9 Å². The summed E-state index contributed by atoms with van der Waals surface area (Å²) in [6, 6.07) is 6.26. The van der Waals surface area contributed by atoms with Gasteiger partial charge in [0.25, 0.3) is 5.69 Å². The molecule has 1 unspecified atom stereocenters. The number of benzene rings is 1. The predicted octanol–water partition coefficient (Wildman–Crippen LogP) is 2.16. The summed E-state index contributed by atoms with van der Waals surface area (Å²) in [6.07, 6.45) is 0. The first-order valence-corrected chi connectivity index (χ1v) is 6.48. The number of amides is 1.